The van der Waals surface area contributed by atoms with Gasteiger partial charge in [0.1, 0.15) is 0 Å². The minimum atomic E-state index is -0.218. The van der Waals surface area contributed by atoms with E-state index in [4.69, 9.17) is 16.3 Å². The molecule has 0 aliphatic heterocycles. The molecule has 3 atom stereocenters. The minimum absolute atomic E-state index is 0.0900. The molecule has 3 unspecified atom stereocenters. The monoisotopic (exact) mass is 249 g/mol. The Morgan fingerprint density at radius 3 is 2.11 bits per heavy atom. The van der Waals surface area contributed by atoms with Crippen LogP contribution in [-0.4, -0.2) is 12.1 Å². The standard InChI is InChI=1S/C11H19N7/c1-8(2)11(16-18-14)7-9(3)10(15-17-13)5-4-6-12/h8-11H,4-5,7H2,1-3H3. The van der Waals surface area contributed by atoms with Crippen molar-refractivity contribution in [1.29, 1.82) is 5.26 Å². The van der Waals surface area contributed by atoms with Gasteiger partial charge in [0.05, 0.1) is 6.07 Å². The SMILES string of the molecule is CC(C)C(CC(C)C(CCC#N)N=[N+]=[N-])N=[N+]=[N-]. The van der Waals surface area contributed by atoms with Gasteiger partial charge in [0.25, 0.3) is 0 Å². The van der Waals surface area contributed by atoms with Gasteiger partial charge in [-0.25, -0.2) is 0 Å². The van der Waals surface area contributed by atoms with E-state index in [0.717, 1.165) is 0 Å². The van der Waals surface area contributed by atoms with Crippen molar-refractivity contribution in [1.82, 2.24) is 0 Å². The molecule has 0 radical (unpaired) electrons. The maximum Gasteiger partial charge on any atom is 0.0621 e. The molecule has 0 aromatic rings. The second kappa shape index (κ2) is 9.17. The van der Waals surface area contributed by atoms with Gasteiger partial charge >= 0.3 is 0 Å². The van der Waals surface area contributed by atoms with Gasteiger partial charge in [0.2, 0.25) is 0 Å². The number of hydrogen-bond donors (Lipinski definition) is 0. The van der Waals surface area contributed by atoms with Crippen molar-refractivity contribution in [2.24, 2.45) is 22.1 Å². The van der Waals surface area contributed by atoms with Crippen molar-refractivity contribution in [3.63, 3.8) is 0 Å². The van der Waals surface area contributed by atoms with Crippen molar-refractivity contribution in [2.45, 2.75) is 52.1 Å². The highest BCUT2D eigenvalue weighted by atomic mass is 15.2. The van der Waals surface area contributed by atoms with E-state index in [1.54, 1.807) is 0 Å². The molecule has 0 N–H and O–H groups in total. The molecule has 0 aromatic carbocycles. The van der Waals surface area contributed by atoms with Crippen molar-refractivity contribution in [3.05, 3.63) is 20.9 Å². The molecule has 0 amide bonds. The molecule has 0 spiro atoms. The van der Waals surface area contributed by atoms with E-state index >= 15 is 0 Å². The van der Waals surface area contributed by atoms with Crippen LogP contribution in [0.25, 0.3) is 20.9 Å². The van der Waals surface area contributed by atoms with E-state index < -0.39 is 0 Å². The maximum absolute atomic E-state index is 8.57. The summed E-state index contributed by atoms with van der Waals surface area (Å²) in [5.41, 5.74) is 17.0. The predicted octanol–water partition coefficient (Wildman–Crippen LogP) is 4.33. The lowest BCUT2D eigenvalue weighted by molar-refractivity contribution is 0.337. The van der Waals surface area contributed by atoms with Gasteiger partial charge in [-0.1, -0.05) is 31.0 Å². The summed E-state index contributed by atoms with van der Waals surface area (Å²) >= 11 is 0. The summed E-state index contributed by atoms with van der Waals surface area (Å²) in [4.78, 5) is 5.67. The highest BCUT2D eigenvalue weighted by Gasteiger charge is 2.21. The zero-order valence-electron chi connectivity index (χ0n) is 11.1. The van der Waals surface area contributed by atoms with Crippen LogP contribution in [0.3, 0.4) is 0 Å². The van der Waals surface area contributed by atoms with Gasteiger partial charge in [-0.15, -0.1) is 0 Å². The van der Waals surface area contributed by atoms with Gasteiger partial charge in [-0.2, -0.15) is 5.26 Å². The van der Waals surface area contributed by atoms with Crippen LogP contribution in [0.5, 0.6) is 0 Å². The largest absolute Gasteiger partial charge is 0.198 e. The Bertz CT molecular complexity index is 371. The molecule has 0 aliphatic rings. The van der Waals surface area contributed by atoms with Crippen LogP contribution >= 0.6 is 0 Å². The first kappa shape index (κ1) is 16.1. The molecule has 0 aliphatic carbocycles. The quantitative estimate of drug-likeness (QED) is 0.354. The number of azide groups is 2. The summed E-state index contributed by atoms with van der Waals surface area (Å²) in [6.07, 6.45) is 1.57. The van der Waals surface area contributed by atoms with E-state index in [9.17, 15) is 0 Å². The van der Waals surface area contributed by atoms with Crippen LogP contribution in [0, 0.1) is 23.2 Å². The van der Waals surface area contributed by atoms with E-state index in [-0.39, 0.29) is 23.9 Å². The Morgan fingerprint density at radius 2 is 1.67 bits per heavy atom. The summed E-state index contributed by atoms with van der Waals surface area (Å²) in [6, 6.07) is 1.72. The molecule has 0 aromatic heterocycles. The van der Waals surface area contributed by atoms with Gasteiger partial charge in [0, 0.05) is 28.3 Å². The number of hydrogen-bond acceptors (Lipinski definition) is 3. The maximum atomic E-state index is 8.57. The lowest BCUT2D eigenvalue weighted by atomic mass is 9.88. The lowest BCUT2D eigenvalue weighted by Crippen LogP contribution is -2.23. The first-order chi connectivity index (χ1) is 8.56. The van der Waals surface area contributed by atoms with E-state index in [0.29, 0.717) is 19.3 Å². The Balaban J connectivity index is 4.65. The van der Waals surface area contributed by atoms with Gasteiger partial charge in [0.15, 0.2) is 0 Å². The van der Waals surface area contributed by atoms with Crippen LogP contribution in [0.2, 0.25) is 0 Å². The normalized spacial score (nSPS) is 14.8. The summed E-state index contributed by atoms with van der Waals surface area (Å²) in [7, 11) is 0. The molecular formula is C11H19N7. The first-order valence-electron chi connectivity index (χ1n) is 6.02. The molecule has 0 rings (SSSR count). The number of rotatable bonds is 8. The summed E-state index contributed by atoms with van der Waals surface area (Å²) in [5, 5.41) is 16.1. The summed E-state index contributed by atoms with van der Waals surface area (Å²) < 4.78 is 0. The fraction of sp³-hybridized carbons (Fsp3) is 0.909. The highest BCUT2D eigenvalue weighted by molar-refractivity contribution is 4.83. The average Bonchev–Trinajstić information content (AvgIpc) is 2.33. The first-order valence-corrected chi connectivity index (χ1v) is 6.02. The Hall–Kier alpha value is -1.89. The molecular weight excluding hydrogens is 230 g/mol. The van der Waals surface area contributed by atoms with Crippen molar-refractivity contribution < 1.29 is 0 Å². The third-order valence-electron chi connectivity index (χ3n) is 2.99. The molecule has 0 fully saturated rings. The molecule has 7 heteroatoms. The van der Waals surface area contributed by atoms with Gasteiger partial charge in [-0.05, 0) is 35.7 Å². The van der Waals surface area contributed by atoms with Crippen molar-refractivity contribution in [2.75, 3.05) is 0 Å². The molecule has 0 bridgehead atoms. The van der Waals surface area contributed by atoms with Crippen molar-refractivity contribution >= 4 is 0 Å². The van der Waals surface area contributed by atoms with Crippen LogP contribution in [0.15, 0.2) is 10.2 Å². The Kier molecular flexibility index (Phi) is 8.21. The smallest absolute Gasteiger partial charge is 0.0621 e. The predicted molar refractivity (Wildman–Crippen MR) is 69.3 cm³/mol. The average molecular weight is 249 g/mol. The Morgan fingerprint density at radius 1 is 1.11 bits per heavy atom. The van der Waals surface area contributed by atoms with Crippen LogP contribution in [0.1, 0.15) is 40.0 Å². The topological polar surface area (TPSA) is 121 Å². The fourth-order valence-electron chi connectivity index (χ4n) is 1.79. The number of nitrogens with zero attached hydrogens (tertiary/aromatic N) is 7. The van der Waals surface area contributed by atoms with Crippen molar-refractivity contribution in [3.8, 4) is 6.07 Å². The number of nitriles is 1. The molecule has 98 valence electrons. The van der Waals surface area contributed by atoms with Crippen LogP contribution in [-0.2, 0) is 0 Å². The van der Waals surface area contributed by atoms with Gasteiger partial charge in [-0.3, -0.25) is 0 Å². The van der Waals surface area contributed by atoms with E-state index in [1.165, 1.54) is 0 Å². The lowest BCUT2D eigenvalue weighted by Gasteiger charge is -2.23. The second-order valence-corrected chi connectivity index (χ2v) is 4.70. The van der Waals surface area contributed by atoms with E-state index in [1.807, 2.05) is 26.8 Å². The molecule has 18 heavy (non-hydrogen) atoms. The zero-order chi connectivity index (χ0) is 14.0. The molecule has 0 saturated carbocycles. The molecule has 0 saturated heterocycles. The third kappa shape index (κ3) is 6.00. The fourth-order valence-corrected chi connectivity index (χ4v) is 1.79. The zero-order valence-corrected chi connectivity index (χ0v) is 11.1. The molecule has 0 heterocycles. The van der Waals surface area contributed by atoms with E-state index in [2.05, 4.69) is 20.1 Å². The van der Waals surface area contributed by atoms with Crippen LogP contribution < -0.4 is 0 Å². The summed E-state index contributed by atoms with van der Waals surface area (Å²) in [5.74, 6) is 0.332. The van der Waals surface area contributed by atoms with Gasteiger partial charge < -0.3 is 0 Å². The minimum Gasteiger partial charge on any atom is -0.198 e. The second-order valence-electron chi connectivity index (χ2n) is 4.70. The molecule has 7 nitrogen and oxygen atoms in total. The third-order valence-corrected chi connectivity index (χ3v) is 2.99. The summed E-state index contributed by atoms with van der Waals surface area (Å²) in [6.45, 7) is 5.94. The van der Waals surface area contributed by atoms with Crippen LogP contribution in [0.4, 0.5) is 0 Å². The highest BCUT2D eigenvalue weighted by Crippen LogP contribution is 2.23. The Labute approximate surface area is 107 Å².